The van der Waals surface area contributed by atoms with Crippen molar-refractivity contribution in [1.82, 2.24) is 5.32 Å². The van der Waals surface area contributed by atoms with Gasteiger partial charge >= 0.3 is 0 Å². The second-order valence-electron chi connectivity index (χ2n) is 1.88. The van der Waals surface area contributed by atoms with Crippen LogP contribution in [0.3, 0.4) is 0 Å². The van der Waals surface area contributed by atoms with Gasteiger partial charge in [-0.15, -0.1) is 0 Å². The van der Waals surface area contributed by atoms with Gasteiger partial charge in [-0.3, -0.25) is 0 Å². The maximum Gasteiger partial charge on any atom is 0.00113 e. The Morgan fingerprint density at radius 3 is 2.67 bits per heavy atom. The van der Waals surface area contributed by atoms with Crippen LogP contribution in [0.5, 0.6) is 0 Å². The average Bonchev–Trinajstić information content (AvgIpc) is 1.86. The molecule has 1 N–H and O–H groups in total. The Morgan fingerprint density at radius 1 is 1.67 bits per heavy atom. The van der Waals surface area contributed by atoms with E-state index in [1.165, 1.54) is 13.0 Å². The van der Waals surface area contributed by atoms with Gasteiger partial charge in [-0.2, -0.15) is 0 Å². The quantitative estimate of drug-likeness (QED) is 0.452. The van der Waals surface area contributed by atoms with Crippen LogP contribution >= 0.6 is 0 Å². The molecule has 1 aliphatic heterocycles. The van der Waals surface area contributed by atoms with Crippen LogP contribution in [0, 0.1) is 5.92 Å². The lowest BCUT2D eigenvalue weighted by Gasteiger charge is -1.89. The van der Waals surface area contributed by atoms with E-state index in [9.17, 15) is 0 Å². The molecule has 0 aromatic heterocycles. The Hall–Kier alpha value is -0.0400. The molecule has 0 saturated carbocycles. The van der Waals surface area contributed by atoms with Gasteiger partial charge in [0.05, 0.1) is 0 Å². The Kier molecular flexibility index (Phi) is 1.10. The van der Waals surface area contributed by atoms with Crippen LogP contribution < -0.4 is 5.32 Å². The Balaban J connectivity index is 2.18. The van der Waals surface area contributed by atoms with Crippen molar-refractivity contribution in [3.8, 4) is 0 Å². The van der Waals surface area contributed by atoms with Crippen LogP contribution in [-0.4, -0.2) is 13.1 Å². The second kappa shape index (κ2) is 1.61. The van der Waals surface area contributed by atoms with Crippen molar-refractivity contribution >= 4 is 0 Å². The summed E-state index contributed by atoms with van der Waals surface area (Å²) in [5.41, 5.74) is 0. The lowest BCUT2D eigenvalue weighted by Crippen LogP contribution is -2.05. The zero-order valence-electron chi connectivity index (χ0n) is 4.12. The monoisotopic (exact) mass is 84.1 g/mol. The maximum atomic E-state index is 3.23. The van der Waals surface area contributed by atoms with Crippen molar-refractivity contribution in [2.75, 3.05) is 13.1 Å². The smallest absolute Gasteiger partial charge is 0.00113 e. The summed E-state index contributed by atoms with van der Waals surface area (Å²) < 4.78 is 0. The molecule has 1 nitrogen and oxygen atoms in total. The minimum Gasteiger partial charge on any atom is -0.316 e. The van der Waals surface area contributed by atoms with Crippen LogP contribution in [0.4, 0.5) is 0 Å². The molecule has 1 heterocycles. The first-order chi connectivity index (χ1) is 2.89. The van der Waals surface area contributed by atoms with E-state index < -0.39 is 0 Å². The van der Waals surface area contributed by atoms with E-state index in [-0.39, 0.29) is 0 Å². The molecule has 6 heavy (non-hydrogen) atoms. The first-order valence-corrected chi connectivity index (χ1v) is 2.41. The zero-order chi connectivity index (χ0) is 4.41. The SMILES string of the molecule is C[C]1CCNC1. The molecule has 1 aliphatic rings. The molecule has 0 aliphatic carbocycles. The predicted molar refractivity (Wildman–Crippen MR) is 26.4 cm³/mol. The maximum absolute atomic E-state index is 3.23. The summed E-state index contributed by atoms with van der Waals surface area (Å²) in [4.78, 5) is 0. The highest BCUT2D eigenvalue weighted by atomic mass is 14.9. The van der Waals surface area contributed by atoms with Crippen molar-refractivity contribution in [3.63, 3.8) is 0 Å². The van der Waals surface area contributed by atoms with E-state index in [1.54, 1.807) is 5.92 Å². The minimum atomic E-state index is 1.15. The highest BCUT2D eigenvalue weighted by Gasteiger charge is 2.06. The molecule has 0 aromatic carbocycles. The Bertz CT molecular complexity index is 37.2. The molecule has 1 saturated heterocycles. The lowest BCUT2D eigenvalue weighted by atomic mass is 10.2. The normalized spacial score (nSPS) is 25.5. The van der Waals surface area contributed by atoms with Crippen molar-refractivity contribution in [2.45, 2.75) is 13.3 Å². The topological polar surface area (TPSA) is 12.0 Å². The highest BCUT2D eigenvalue weighted by Crippen LogP contribution is 2.05. The van der Waals surface area contributed by atoms with Crippen molar-refractivity contribution in [2.24, 2.45) is 0 Å². The average molecular weight is 84.1 g/mol. The van der Waals surface area contributed by atoms with Crippen molar-refractivity contribution in [1.29, 1.82) is 0 Å². The fraction of sp³-hybridized carbons (Fsp3) is 0.800. The van der Waals surface area contributed by atoms with Gasteiger partial charge in [-0.05, 0) is 18.9 Å². The summed E-state index contributed by atoms with van der Waals surface area (Å²) >= 11 is 0. The van der Waals surface area contributed by atoms with Crippen molar-refractivity contribution < 1.29 is 0 Å². The largest absolute Gasteiger partial charge is 0.316 e. The Labute approximate surface area is 38.7 Å². The number of nitrogens with one attached hydrogen (secondary N) is 1. The third-order valence-electron chi connectivity index (χ3n) is 1.16. The van der Waals surface area contributed by atoms with Crippen LogP contribution in [-0.2, 0) is 0 Å². The molecule has 1 rings (SSSR count). The molecule has 0 aromatic rings. The minimum absolute atomic E-state index is 1.15. The first kappa shape index (κ1) is 4.13. The van der Waals surface area contributed by atoms with Crippen LogP contribution in [0.25, 0.3) is 0 Å². The van der Waals surface area contributed by atoms with Gasteiger partial charge in [0.2, 0.25) is 0 Å². The lowest BCUT2D eigenvalue weighted by molar-refractivity contribution is 0.859. The molecular formula is C5H10N. The van der Waals surface area contributed by atoms with E-state index in [0.29, 0.717) is 0 Å². The van der Waals surface area contributed by atoms with Gasteiger partial charge in [0.1, 0.15) is 0 Å². The summed E-state index contributed by atoms with van der Waals surface area (Å²) in [7, 11) is 0. The van der Waals surface area contributed by atoms with Gasteiger partial charge in [0.25, 0.3) is 0 Å². The summed E-state index contributed by atoms with van der Waals surface area (Å²) in [6, 6.07) is 0. The van der Waals surface area contributed by atoms with Crippen LogP contribution in [0.1, 0.15) is 13.3 Å². The third kappa shape index (κ3) is 0.716. The van der Waals surface area contributed by atoms with Gasteiger partial charge < -0.3 is 5.32 Å². The summed E-state index contributed by atoms with van der Waals surface area (Å²) in [5.74, 6) is 1.59. The number of hydrogen-bond donors (Lipinski definition) is 1. The molecule has 0 bridgehead atoms. The number of rotatable bonds is 0. The van der Waals surface area contributed by atoms with E-state index in [0.717, 1.165) is 6.54 Å². The molecule has 1 radical (unpaired) electrons. The molecule has 35 valence electrons. The molecule has 0 spiro atoms. The molecule has 0 unspecified atom stereocenters. The van der Waals surface area contributed by atoms with Gasteiger partial charge in [0.15, 0.2) is 0 Å². The van der Waals surface area contributed by atoms with Gasteiger partial charge in [-0.25, -0.2) is 0 Å². The standard InChI is InChI=1S/C5H10N/c1-5-2-3-6-4-5/h6H,2-4H2,1H3. The van der Waals surface area contributed by atoms with E-state index >= 15 is 0 Å². The fourth-order valence-electron chi connectivity index (χ4n) is 0.692. The molecular weight excluding hydrogens is 74.1 g/mol. The first-order valence-electron chi connectivity index (χ1n) is 2.41. The molecule has 0 amide bonds. The fourth-order valence-corrected chi connectivity index (χ4v) is 0.692. The van der Waals surface area contributed by atoms with Crippen molar-refractivity contribution in [3.05, 3.63) is 5.92 Å². The van der Waals surface area contributed by atoms with E-state index in [2.05, 4.69) is 12.2 Å². The third-order valence-corrected chi connectivity index (χ3v) is 1.16. The van der Waals surface area contributed by atoms with Gasteiger partial charge in [0, 0.05) is 6.54 Å². The summed E-state index contributed by atoms with van der Waals surface area (Å²) in [5, 5.41) is 3.23. The summed E-state index contributed by atoms with van der Waals surface area (Å²) in [6.45, 7) is 4.55. The molecule has 1 fully saturated rings. The zero-order valence-corrected chi connectivity index (χ0v) is 4.12. The number of hydrogen-bond acceptors (Lipinski definition) is 1. The van der Waals surface area contributed by atoms with E-state index in [1.807, 2.05) is 0 Å². The van der Waals surface area contributed by atoms with E-state index in [4.69, 9.17) is 0 Å². The van der Waals surface area contributed by atoms with Crippen LogP contribution in [0.15, 0.2) is 0 Å². The predicted octanol–water partition coefficient (Wildman–Crippen LogP) is 0.574. The van der Waals surface area contributed by atoms with Gasteiger partial charge in [-0.1, -0.05) is 6.92 Å². The summed E-state index contributed by atoms with van der Waals surface area (Å²) in [6.07, 6.45) is 1.29. The second-order valence-corrected chi connectivity index (χ2v) is 1.88. The molecule has 0 atom stereocenters. The van der Waals surface area contributed by atoms with Crippen LogP contribution in [0.2, 0.25) is 0 Å². The molecule has 1 heteroatoms. The highest BCUT2D eigenvalue weighted by molar-refractivity contribution is 4.92. The Morgan fingerprint density at radius 2 is 2.50 bits per heavy atom.